The van der Waals surface area contributed by atoms with Gasteiger partial charge in [0.15, 0.2) is 0 Å². The second-order valence-electron chi connectivity index (χ2n) is 7.06. The van der Waals surface area contributed by atoms with E-state index >= 15 is 0 Å². The molecule has 1 atom stereocenters. The summed E-state index contributed by atoms with van der Waals surface area (Å²) in [5.41, 5.74) is 2.57. The van der Waals surface area contributed by atoms with Crippen molar-refractivity contribution in [3.63, 3.8) is 0 Å². The molecule has 0 aromatic heterocycles. The molecular formula is C19H31NO3. The summed E-state index contributed by atoms with van der Waals surface area (Å²) in [5.74, 6) is 1.77. The van der Waals surface area contributed by atoms with Crippen molar-refractivity contribution in [2.45, 2.75) is 45.6 Å². The van der Waals surface area contributed by atoms with Crippen LogP contribution in [0.1, 0.15) is 43.7 Å². The molecule has 1 heterocycles. The molecule has 1 aliphatic heterocycles. The monoisotopic (exact) mass is 321 g/mol. The Morgan fingerprint density at radius 1 is 1.26 bits per heavy atom. The van der Waals surface area contributed by atoms with Crippen LogP contribution in [0.2, 0.25) is 0 Å². The summed E-state index contributed by atoms with van der Waals surface area (Å²) in [6.45, 7) is 9.62. The molecule has 0 spiro atoms. The van der Waals surface area contributed by atoms with Gasteiger partial charge >= 0.3 is 0 Å². The maximum Gasteiger partial charge on any atom is 0.119 e. The molecule has 1 saturated heterocycles. The number of aryl methyl sites for hydroxylation is 1. The summed E-state index contributed by atoms with van der Waals surface area (Å²) in [5, 5.41) is 19.3. The summed E-state index contributed by atoms with van der Waals surface area (Å²) in [7, 11) is 0. The van der Waals surface area contributed by atoms with E-state index in [2.05, 4.69) is 37.8 Å². The lowest BCUT2D eigenvalue weighted by Gasteiger charge is -2.32. The maximum atomic E-state index is 10.2. The highest BCUT2D eigenvalue weighted by molar-refractivity contribution is 5.36. The number of benzene rings is 1. The first-order valence-electron chi connectivity index (χ1n) is 8.74. The van der Waals surface area contributed by atoms with E-state index in [0.717, 1.165) is 31.7 Å². The largest absolute Gasteiger partial charge is 0.491 e. The van der Waals surface area contributed by atoms with E-state index in [-0.39, 0.29) is 6.61 Å². The van der Waals surface area contributed by atoms with Crippen molar-refractivity contribution in [2.24, 2.45) is 5.92 Å². The topological polar surface area (TPSA) is 52.9 Å². The van der Waals surface area contributed by atoms with Gasteiger partial charge in [-0.25, -0.2) is 0 Å². The van der Waals surface area contributed by atoms with E-state index in [1.165, 1.54) is 11.1 Å². The summed E-state index contributed by atoms with van der Waals surface area (Å²) in [4.78, 5) is 2.26. The highest BCUT2D eigenvalue weighted by Gasteiger charge is 2.20. The zero-order valence-electron chi connectivity index (χ0n) is 14.7. The molecule has 0 amide bonds. The van der Waals surface area contributed by atoms with Crippen LogP contribution in [-0.2, 0) is 0 Å². The number of hydrogen-bond acceptors (Lipinski definition) is 4. The molecule has 4 heteroatoms. The molecule has 1 aromatic carbocycles. The predicted octanol–water partition coefficient (Wildman–Crippen LogP) is 2.56. The number of ether oxygens (including phenoxy) is 1. The van der Waals surface area contributed by atoms with Gasteiger partial charge in [0.05, 0.1) is 0 Å². The third-order valence-electron chi connectivity index (χ3n) is 4.74. The second-order valence-corrected chi connectivity index (χ2v) is 7.06. The standard InChI is InChI=1S/C19H31NO3/c1-14(2)19-5-4-18(10-15(19)3)23-13-17(22)11-20-8-6-16(12-21)7-9-20/h4-5,10,14,16-17,21-22H,6-9,11-13H2,1-3H3. The molecule has 23 heavy (non-hydrogen) atoms. The van der Waals surface area contributed by atoms with E-state index in [4.69, 9.17) is 9.84 Å². The van der Waals surface area contributed by atoms with Crippen molar-refractivity contribution in [3.05, 3.63) is 29.3 Å². The molecule has 0 bridgehead atoms. The number of hydrogen-bond donors (Lipinski definition) is 2. The number of aliphatic hydroxyl groups excluding tert-OH is 2. The second kappa shape index (κ2) is 8.67. The van der Waals surface area contributed by atoms with Crippen LogP contribution in [0.4, 0.5) is 0 Å². The Morgan fingerprint density at radius 2 is 1.96 bits per heavy atom. The Morgan fingerprint density at radius 3 is 2.52 bits per heavy atom. The minimum absolute atomic E-state index is 0.283. The van der Waals surface area contributed by atoms with E-state index in [1.807, 2.05) is 6.07 Å². The van der Waals surface area contributed by atoms with E-state index in [9.17, 15) is 5.11 Å². The summed E-state index contributed by atoms with van der Waals surface area (Å²) >= 11 is 0. The molecule has 0 radical (unpaired) electrons. The van der Waals surface area contributed by atoms with Crippen LogP contribution in [0.3, 0.4) is 0 Å². The number of nitrogens with zero attached hydrogens (tertiary/aromatic N) is 1. The van der Waals surface area contributed by atoms with Crippen LogP contribution >= 0.6 is 0 Å². The Balaban J connectivity index is 1.76. The van der Waals surface area contributed by atoms with Gasteiger partial charge in [-0.2, -0.15) is 0 Å². The maximum absolute atomic E-state index is 10.2. The van der Waals surface area contributed by atoms with Crippen molar-refractivity contribution in [1.82, 2.24) is 4.90 Å². The van der Waals surface area contributed by atoms with Gasteiger partial charge in [-0.05, 0) is 68.0 Å². The van der Waals surface area contributed by atoms with Gasteiger partial charge in [0, 0.05) is 13.2 Å². The van der Waals surface area contributed by atoms with Gasteiger partial charge in [-0.15, -0.1) is 0 Å². The zero-order chi connectivity index (χ0) is 16.8. The Labute approximate surface area is 140 Å². The number of β-amino-alcohol motifs (C(OH)–C–C–N with tert-alkyl or cyclic N) is 1. The van der Waals surface area contributed by atoms with Gasteiger partial charge in [0.25, 0.3) is 0 Å². The van der Waals surface area contributed by atoms with E-state index < -0.39 is 6.10 Å². The number of aliphatic hydroxyl groups is 2. The smallest absolute Gasteiger partial charge is 0.119 e. The van der Waals surface area contributed by atoms with Gasteiger partial charge in [-0.1, -0.05) is 19.9 Å². The van der Waals surface area contributed by atoms with Crippen LogP contribution < -0.4 is 4.74 Å². The average Bonchev–Trinajstić information content (AvgIpc) is 2.53. The molecule has 1 aliphatic rings. The molecule has 1 aromatic rings. The zero-order valence-corrected chi connectivity index (χ0v) is 14.7. The first-order valence-corrected chi connectivity index (χ1v) is 8.74. The Bertz CT molecular complexity index is 482. The quantitative estimate of drug-likeness (QED) is 0.810. The number of piperidine rings is 1. The minimum Gasteiger partial charge on any atom is -0.491 e. The molecule has 1 unspecified atom stereocenters. The van der Waals surface area contributed by atoms with Crippen molar-refractivity contribution in [3.8, 4) is 5.75 Å². The molecule has 2 rings (SSSR count). The van der Waals surface area contributed by atoms with Crippen LogP contribution in [0.25, 0.3) is 0 Å². The number of rotatable bonds is 7. The average molecular weight is 321 g/mol. The van der Waals surface area contributed by atoms with Crippen LogP contribution in [-0.4, -0.2) is 54.1 Å². The van der Waals surface area contributed by atoms with Gasteiger partial charge in [0.1, 0.15) is 18.5 Å². The Kier molecular flexibility index (Phi) is 6.88. The molecule has 4 nitrogen and oxygen atoms in total. The minimum atomic E-state index is -0.481. The fourth-order valence-electron chi connectivity index (χ4n) is 3.28. The van der Waals surface area contributed by atoms with Crippen molar-refractivity contribution in [2.75, 3.05) is 32.8 Å². The van der Waals surface area contributed by atoms with Crippen LogP contribution in [0.15, 0.2) is 18.2 Å². The van der Waals surface area contributed by atoms with Gasteiger partial charge < -0.3 is 19.8 Å². The lowest BCUT2D eigenvalue weighted by atomic mass is 9.98. The lowest BCUT2D eigenvalue weighted by Crippen LogP contribution is -2.41. The van der Waals surface area contributed by atoms with Crippen molar-refractivity contribution in [1.29, 1.82) is 0 Å². The SMILES string of the molecule is Cc1cc(OCC(O)CN2CCC(CO)CC2)ccc1C(C)C. The van der Waals surface area contributed by atoms with Gasteiger partial charge in [-0.3, -0.25) is 0 Å². The lowest BCUT2D eigenvalue weighted by molar-refractivity contribution is 0.0488. The first-order chi connectivity index (χ1) is 11.0. The fraction of sp³-hybridized carbons (Fsp3) is 0.684. The summed E-state index contributed by atoms with van der Waals surface area (Å²) in [6, 6.07) is 6.15. The first kappa shape index (κ1) is 18.2. The normalized spacial score (nSPS) is 18.3. The summed E-state index contributed by atoms with van der Waals surface area (Å²) < 4.78 is 5.75. The molecule has 0 aliphatic carbocycles. The van der Waals surface area contributed by atoms with Crippen LogP contribution in [0, 0.1) is 12.8 Å². The predicted molar refractivity (Wildman–Crippen MR) is 93.0 cm³/mol. The van der Waals surface area contributed by atoms with E-state index in [1.54, 1.807) is 0 Å². The summed E-state index contributed by atoms with van der Waals surface area (Å²) in [6.07, 6.45) is 1.55. The van der Waals surface area contributed by atoms with Crippen molar-refractivity contribution < 1.29 is 14.9 Å². The third kappa shape index (κ3) is 5.48. The fourth-order valence-corrected chi connectivity index (χ4v) is 3.28. The Hall–Kier alpha value is -1.10. The molecular weight excluding hydrogens is 290 g/mol. The van der Waals surface area contributed by atoms with Gasteiger partial charge in [0.2, 0.25) is 0 Å². The van der Waals surface area contributed by atoms with E-state index in [0.29, 0.717) is 25.0 Å². The molecule has 130 valence electrons. The molecule has 0 saturated carbocycles. The highest BCUT2D eigenvalue weighted by Crippen LogP contribution is 2.23. The number of likely N-dealkylation sites (tertiary alicyclic amines) is 1. The molecule has 2 N–H and O–H groups in total. The third-order valence-corrected chi connectivity index (χ3v) is 4.74. The highest BCUT2D eigenvalue weighted by atomic mass is 16.5. The van der Waals surface area contributed by atoms with Crippen molar-refractivity contribution >= 4 is 0 Å². The molecule has 1 fully saturated rings. The van der Waals surface area contributed by atoms with Crippen LogP contribution in [0.5, 0.6) is 5.75 Å².